The summed E-state index contributed by atoms with van der Waals surface area (Å²) in [7, 11) is 1.51. The third kappa shape index (κ3) is 4.27. The molecular weight excluding hydrogens is 430 g/mol. The van der Waals surface area contributed by atoms with Crippen LogP contribution in [0, 0.1) is 6.92 Å². The number of hydrogen-bond donors (Lipinski definition) is 1. The van der Waals surface area contributed by atoms with Crippen LogP contribution in [0.15, 0.2) is 78.4 Å². The summed E-state index contributed by atoms with van der Waals surface area (Å²) in [6.07, 6.45) is 0.880. The number of aliphatic hydroxyl groups is 1. The monoisotopic (exact) mass is 457 g/mol. The number of ketones is 1. The number of Topliss-reactive ketones (excluding diaryl/α,β-unsaturated/α-hetero) is 1. The molecule has 0 radical (unpaired) electrons. The molecule has 1 aliphatic rings. The molecule has 1 N–H and O–H groups in total. The summed E-state index contributed by atoms with van der Waals surface area (Å²) in [5, 5.41) is 11.3. The summed E-state index contributed by atoms with van der Waals surface area (Å²) in [5.74, 6) is -0.575. The highest BCUT2D eigenvalue weighted by Crippen LogP contribution is 2.45. The van der Waals surface area contributed by atoms with E-state index in [4.69, 9.17) is 9.47 Å². The number of benzene rings is 3. The lowest BCUT2D eigenvalue weighted by molar-refractivity contribution is -0.132. The molecule has 1 saturated heterocycles. The Morgan fingerprint density at radius 3 is 2.41 bits per heavy atom. The van der Waals surface area contributed by atoms with Crippen molar-refractivity contribution in [2.75, 3.05) is 18.6 Å². The van der Waals surface area contributed by atoms with E-state index in [1.807, 2.05) is 38.1 Å². The lowest BCUT2D eigenvalue weighted by Gasteiger charge is -2.27. The maximum absolute atomic E-state index is 13.3. The van der Waals surface area contributed by atoms with E-state index in [2.05, 4.69) is 0 Å². The third-order valence-corrected chi connectivity index (χ3v) is 5.75. The van der Waals surface area contributed by atoms with Gasteiger partial charge in [0.05, 0.1) is 31.0 Å². The topological polar surface area (TPSA) is 76.1 Å². The summed E-state index contributed by atoms with van der Waals surface area (Å²) < 4.78 is 11.1. The van der Waals surface area contributed by atoms with Gasteiger partial charge < -0.3 is 14.6 Å². The molecular formula is C28H27NO5. The molecule has 0 bridgehead atoms. The number of para-hydroxylation sites is 2. The van der Waals surface area contributed by atoms with Gasteiger partial charge in [0, 0.05) is 5.56 Å². The minimum absolute atomic E-state index is 0.0312. The van der Waals surface area contributed by atoms with Gasteiger partial charge in [-0.05, 0) is 55.3 Å². The van der Waals surface area contributed by atoms with Gasteiger partial charge >= 0.3 is 0 Å². The zero-order valence-corrected chi connectivity index (χ0v) is 19.4. The number of carbonyl (C=O) groups is 2. The van der Waals surface area contributed by atoms with Crippen molar-refractivity contribution < 1.29 is 24.2 Å². The molecule has 4 rings (SSSR count). The number of methoxy groups -OCH3 is 1. The van der Waals surface area contributed by atoms with E-state index in [1.54, 1.807) is 48.5 Å². The van der Waals surface area contributed by atoms with Crippen molar-refractivity contribution in [1.29, 1.82) is 0 Å². The van der Waals surface area contributed by atoms with Crippen molar-refractivity contribution in [2.45, 2.75) is 26.3 Å². The molecule has 3 aromatic carbocycles. The molecule has 0 saturated carbocycles. The highest BCUT2D eigenvalue weighted by molar-refractivity contribution is 6.51. The molecule has 1 aliphatic heterocycles. The number of nitrogens with zero attached hydrogens (tertiary/aromatic N) is 1. The predicted octanol–water partition coefficient (Wildman–Crippen LogP) is 5.42. The number of anilines is 1. The van der Waals surface area contributed by atoms with Crippen LogP contribution in [-0.2, 0) is 9.59 Å². The Morgan fingerprint density at radius 2 is 1.74 bits per heavy atom. The summed E-state index contributed by atoms with van der Waals surface area (Å²) in [6, 6.07) is 20.6. The number of carbonyl (C=O) groups excluding carboxylic acids is 2. The standard InChI is InChI=1S/C28H27NO5/c1-4-16-34-21-14-12-19(13-15-21)26(30)24-25(20-9-7-8-18(2)17-20)29(28(32)27(24)31)22-10-5-6-11-23(22)33-3/h5-15,17,25,30H,4,16H2,1-3H3/b26-24-. The van der Waals surface area contributed by atoms with Crippen LogP contribution in [-0.4, -0.2) is 30.5 Å². The first-order chi connectivity index (χ1) is 16.5. The lowest BCUT2D eigenvalue weighted by Crippen LogP contribution is -2.29. The smallest absolute Gasteiger partial charge is 0.300 e. The van der Waals surface area contributed by atoms with E-state index < -0.39 is 17.7 Å². The Balaban J connectivity index is 1.88. The molecule has 0 aliphatic carbocycles. The average Bonchev–Trinajstić information content (AvgIpc) is 3.12. The molecule has 174 valence electrons. The summed E-state index contributed by atoms with van der Waals surface area (Å²) >= 11 is 0. The van der Waals surface area contributed by atoms with Gasteiger partial charge in [0.15, 0.2) is 0 Å². The number of aliphatic hydroxyl groups excluding tert-OH is 1. The number of aryl methyl sites for hydroxylation is 1. The zero-order chi connectivity index (χ0) is 24.2. The summed E-state index contributed by atoms with van der Waals surface area (Å²) in [6.45, 7) is 4.54. The van der Waals surface area contributed by atoms with Crippen LogP contribution in [0.5, 0.6) is 11.5 Å². The van der Waals surface area contributed by atoms with Crippen molar-refractivity contribution in [3.05, 3.63) is 95.1 Å². The van der Waals surface area contributed by atoms with Crippen LogP contribution < -0.4 is 14.4 Å². The normalized spacial score (nSPS) is 17.1. The molecule has 6 nitrogen and oxygen atoms in total. The molecule has 0 spiro atoms. The van der Waals surface area contributed by atoms with E-state index in [0.717, 1.165) is 17.5 Å². The predicted molar refractivity (Wildman–Crippen MR) is 131 cm³/mol. The Bertz CT molecular complexity index is 1250. The van der Waals surface area contributed by atoms with Gasteiger partial charge in [0.1, 0.15) is 17.3 Å². The Labute approximate surface area is 199 Å². The van der Waals surface area contributed by atoms with Crippen LogP contribution in [0.4, 0.5) is 5.69 Å². The van der Waals surface area contributed by atoms with Gasteiger partial charge in [-0.25, -0.2) is 0 Å². The van der Waals surface area contributed by atoms with Crippen LogP contribution in [0.2, 0.25) is 0 Å². The van der Waals surface area contributed by atoms with Gasteiger partial charge in [0.2, 0.25) is 0 Å². The van der Waals surface area contributed by atoms with Crippen LogP contribution >= 0.6 is 0 Å². The fourth-order valence-electron chi connectivity index (χ4n) is 4.15. The van der Waals surface area contributed by atoms with Crippen LogP contribution in [0.1, 0.15) is 36.1 Å². The molecule has 1 unspecified atom stereocenters. The van der Waals surface area contributed by atoms with E-state index in [-0.39, 0.29) is 11.3 Å². The Kier molecular flexibility index (Phi) is 6.68. The Morgan fingerprint density at radius 1 is 1.00 bits per heavy atom. The largest absolute Gasteiger partial charge is 0.507 e. The van der Waals surface area contributed by atoms with Gasteiger partial charge in [0.25, 0.3) is 11.7 Å². The molecule has 6 heteroatoms. The first-order valence-corrected chi connectivity index (χ1v) is 11.2. The average molecular weight is 458 g/mol. The van der Waals surface area contributed by atoms with Crippen molar-refractivity contribution in [3.8, 4) is 11.5 Å². The first-order valence-electron chi connectivity index (χ1n) is 11.2. The molecule has 3 aromatic rings. The van der Waals surface area contributed by atoms with Crippen molar-refractivity contribution in [2.24, 2.45) is 0 Å². The number of amides is 1. The van der Waals surface area contributed by atoms with Crippen molar-refractivity contribution in [3.63, 3.8) is 0 Å². The first kappa shape index (κ1) is 23.1. The fourth-order valence-corrected chi connectivity index (χ4v) is 4.15. The van der Waals surface area contributed by atoms with Gasteiger partial charge in [-0.2, -0.15) is 0 Å². The molecule has 1 amide bonds. The number of rotatable bonds is 7. The quantitative estimate of drug-likeness (QED) is 0.291. The molecule has 0 aromatic heterocycles. The number of ether oxygens (including phenoxy) is 2. The zero-order valence-electron chi connectivity index (χ0n) is 19.4. The van der Waals surface area contributed by atoms with E-state index in [0.29, 0.717) is 29.4 Å². The maximum atomic E-state index is 13.3. The maximum Gasteiger partial charge on any atom is 0.300 e. The minimum Gasteiger partial charge on any atom is -0.507 e. The van der Waals surface area contributed by atoms with Crippen LogP contribution in [0.3, 0.4) is 0 Å². The second-order valence-electron chi connectivity index (χ2n) is 8.13. The van der Waals surface area contributed by atoms with Crippen molar-refractivity contribution >= 4 is 23.1 Å². The molecule has 1 heterocycles. The minimum atomic E-state index is -0.813. The molecule has 34 heavy (non-hydrogen) atoms. The Hall–Kier alpha value is -4.06. The highest BCUT2D eigenvalue weighted by atomic mass is 16.5. The number of hydrogen-bond acceptors (Lipinski definition) is 5. The lowest BCUT2D eigenvalue weighted by atomic mass is 9.94. The van der Waals surface area contributed by atoms with Gasteiger partial charge in [-0.15, -0.1) is 0 Å². The second-order valence-corrected chi connectivity index (χ2v) is 8.13. The second kappa shape index (κ2) is 9.83. The summed E-state index contributed by atoms with van der Waals surface area (Å²) in [5.41, 5.74) is 2.61. The van der Waals surface area contributed by atoms with Gasteiger partial charge in [-0.1, -0.05) is 48.9 Å². The SMILES string of the molecule is CCCOc1ccc(/C(O)=C2/C(=O)C(=O)N(c3ccccc3OC)C2c2cccc(C)c2)cc1. The van der Waals surface area contributed by atoms with Crippen molar-refractivity contribution in [1.82, 2.24) is 0 Å². The molecule has 1 fully saturated rings. The van der Waals surface area contributed by atoms with E-state index in [9.17, 15) is 14.7 Å². The highest BCUT2D eigenvalue weighted by Gasteiger charge is 2.47. The third-order valence-electron chi connectivity index (χ3n) is 5.75. The molecule has 1 atom stereocenters. The van der Waals surface area contributed by atoms with Gasteiger partial charge in [-0.3, -0.25) is 14.5 Å². The fraction of sp³-hybridized carbons (Fsp3) is 0.214. The van der Waals surface area contributed by atoms with E-state index >= 15 is 0 Å². The summed E-state index contributed by atoms with van der Waals surface area (Å²) in [4.78, 5) is 28.0. The van der Waals surface area contributed by atoms with Crippen LogP contribution in [0.25, 0.3) is 5.76 Å². The van der Waals surface area contributed by atoms with E-state index in [1.165, 1.54) is 12.0 Å².